The molecule has 15 nitrogen and oxygen atoms in total. The molecule has 272 valence electrons. The summed E-state index contributed by atoms with van der Waals surface area (Å²) in [6.07, 6.45) is 7.64. The molecule has 0 aromatic heterocycles. The van der Waals surface area contributed by atoms with Gasteiger partial charge in [0, 0.05) is 19.5 Å². The summed E-state index contributed by atoms with van der Waals surface area (Å²) in [5, 5.41) is 10.2. The average Bonchev–Trinajstić information content (AvgIpc) is 3.74. The number of primary amides is 1. The molecule has 1 aromatic rings. The number of hydrogen-bond acceptors (Lipinski definition) is 10. The van der Waals surface area contributed by atoms with E-state index in [1.54, 1.807) is 24.3 Å². The molecule has 0 bridgehead atoms. The van der Waals surface area contributed by atoms with Crippen LogP contribution in [0.3, 0.4) is 0 Å². The lowest BCUT2D eigenvalue weighted by atomic mass is 10.1. The SMILES string of the molecule is NC(=O)CCC(NC(=O)OCc1ccccc1)C(=O)NCC(=O)NCCOCCOCCOCCNC(=O)OCC1C2CCC=CCCC21. The van der Waals surface area contributed by atoms with Crippen LogP contribution in [0.5, 0.6) is 0 Å². The Morgan fingerprint density at radius 3 is 2.00 bits per heavy atom. The summed E-state index contributed by atoms with van der Waals surface area (Å²) in [6, 6.07) is 7.87. The van der Waals surface area contributed by atoms with Gasteiger partial charge < -0.3 is 50.7 Å². The van der Waals surface area contributed by atoms with Crippen molar-refractivity contribution in [2.75, 3.05) is 65.9 Å². The predicted octanol–water partition coefficient (Wildman–Crippen LogP) is 1.55. The van der Waals surface area contributed by atoms with E-state index in [-0.39, 0.29) is 39.1 Å². The molecule has 3 rings (SSSR count). The summed E-state index contributed by atoms with van der Waals surface area (Å²) in [5.41, 5.74) is 5.95. The molecule has 0 heterocycles. The Kier molecular flexibility index (Phi) is 18.6. The van der Waals surface area contributed by atoms with E-state index in [2.05, 4.69) is 33.4 Å². The van der Waals surface area contributed by atoms with Crippen LogP contribution in [0.2, 0.25) is 0 Å². The molecule has 0 saturated heterocycles. The minimum atomic E-state index is -1.12. The molecular formula is C34H51N5O10. The van der Waals surface area contributed by atoms with Crippen LogP contribution in [0.1, 0.15) is 44.1 Å². The minimum absolute atomic E-state index is 0.0000858. The highest BCUT2D eigenvalue weighted by Crippen LogP contribution is 2.52. The third-order valence-electron chi connectivity index (χ3n) is 8.17. The van der Waals surface area contributed by atoms with Gasteiger partial charge in [0.1, 0.15) is 12.6 Å². The molecule has 1 fully saturated rings. The van der Waals surface area contributed by atoms with Crippen LogP contribution in [0, 0.1) is 17.8 Å². The molecule has 1 saturated carbocycles. The standard InChI is InChI=1S/C34H51N5O10/c35-30(40)13-12-29(39-34(44)48-23-25-8-4-3-5-9-25)32(42)38-22-31(41)36-14-16-45-18-20-47-21-19-46-17-15-37-33(43)49-24-28-26-10-6-1-2-7-11-27(26)28/h1-5,8-9,26-29H,6-7,10-24H2,(H2,35,40)(H,36,41)(H,37,43)(H,38,42)(H,39,44). The van der Waals surface area contributed by atoms with Crippen molar-refractivity contribution in [2.45, 2.75) is 51.2 Å². The van der Waals surface area contributed by atoms with Gasteiger partial charge in [0.05, 0.1) is 52.8 Å². The van der Waals surface area contributed by atoms with Gasteiger partial charge in [0.15, 0.2) is 0 Å². The third-order valence-corrected chi connectivity index (χ3v) is 8.17. The molecule has 2 aliphatic rings. The number of carbonyl (C=O) groups is 5. The van der Waals surface area contributed by atoms with E-state index >= 15 is 0 Å². The van der Waals surface area contributed by atoms with Gasteiger partial charge in [-0.3, -0.25) is 14.4 Å². The van der Waals surface area contributed by atoms with Gasteiger partial charge in [-0.1, -0.05) is 42.5 Å². The lowest BCUT2D eigenvalue weighted by Gasteiger charge is -2.18. The maximum absolute atomic E-state index is 12.6. The van der Waals surface area contributed by atoms with Gasteiger partial charge in [-0.2, -0.15) is 0 Å². The average molecular weight is 690 g/mol. The quantitative estimate of drug-likeness (QED) is 0.0828. The van der Waals surface area contributed by atoms with Crippen molar-refractivity contribution in [2.24, 2.45) is 23.5 Å². The Morgan fingerprint density at radius 2 is 1.37 bits per heavy atom. The number of benzene rings is 1. The number of fused-ring (bicyclic) bond motifs is 1. The van der Waals surface area contributed by atoms with Crippen LogP contribution in [0.4, 0.5) is 9.59 Å². The van der Waals surface area contributed by atoms with E-state index in [4.69, 9.17) is 29.4 Å². The van der Waals surface area contributed by atoms with Crippen LogP contribution >= 0.6 is 0 Å². The highest BCUT2D eigenvalue weighted by molar-refractivity contribution is 5.89. The highest BCUT2D eigenvalue weighted by atomic mass is 16.6. The number of nitrogens with two attached hydrogens (primary N) is 1. The van der Waals surface area contributed by atoms with Gasteiger partial charge in [0.25, 0.3) is 0 Å². The lowest BCUT2D eigenvalue weighted by molar-refractivity contribution is -0.127. The molecule has 0 spiro atoms. The minimum Gasteiger partial charge on any atom is -0.449 e. The first-order valence-electron chi connectivity index (χ1n) is 16.9. The number of hydrogen-bond donors (Lipinski definition) is 5. The summed E-state index contributed by atoms with van der Waals surface area (Å²) >= 11 is 0. The zero-order valence-corrected chi connectivity index (χ0v) is 28.0. The van der Waals surface area contributed by atoms with Crippen LogP contribution in [-0.2, 0) is 44.7 Å². The predicted molar refractivity (Wildman–Crippen MR) is 178 cm³/mol. The van der Waals surface area contributed by atoms with E-state index in [1.165, 1.54) is 12.8 Å². The monoisotopic (exact) mass is 689 g/mol. The Labute approximate surface area is 287 Å². The van der Waals surface area contributed by atoms with Gasteiger partial charge in [0.2, 0.25) is 17.7 Å². The zero-order valence-electron chi connectivity index (χ0n) is 28.0. The molecule has 15 heteroatoms. The number of allylic oxidation sites excluding steroid dienone is 2. The first-order chi connectivity index (χ1) is 23.8. The first-order valence-corrected chi connectivity index (χ1v) is 16.9. The van der Waals surface area contributed by atoms with Crippen LogP contribution in [0.25, 0.3) is 0 Å². The number of carbonyl (C=O) groups excluding carboxylic acids is 5. The van der Waals surface area contributed by atoms with E-state index in [0.29, 0.717) is 63.9 Å². The number of nitrogens with one attached hydrogen (secondary N) is 4. The summed E-state index contributed by atoms with van der Waals surface area (Å²) in [5.74, 6) is 0.123. The van der Waals surface area contributed by atoms with Crippen molar-refractivity contribution < 1.29 is 47.7 Å². The third kappa shape index (κ3) is 17.1. The fraction of sp³-hybridized carbons (Fsp3) is 0.618. The molecule has 1 aromatic carbocycles. The molecule has 49 heavy (non-hydrogen) atoms. The van der Waals surface area contributed by atoms with E-state index in [1.807, 2.05) is 6.07 Å². The summed E-state index contributed by atoms with van der Waals surface area (Å²) in [7, 11) is 0. The lowest BCUT2D eigenvalue weighted by Crippen LogP contribution is -2.49. The zero-order chi connectivity index (χ0) is 35.1. The Morgan fingerprint density at radius 1 is 0.755 bits per heavy atom. The number of alkyl carbamates (subject to hydrolysis) is 2. The molecule has 3 atom stereocenters. The van der Waals surface area contributed by atoms with E-state index < -0.39 is 35.9 Å². The van der Waals surface area contributed by atoms with Crippen LogP contribution < -0.4 is 27.0 Å². The molecule has 3 unspecified atom stereocenters. The molecule has 0 radical (unpaired) electrons. The van der Waals surface area contributed by atoms with Crippen LogP contribution in [0.15, 0.2) is 42.5 Å². The number of ether oxygens (including phenoxy) is 5. The second-order valence-electron chi connectivity index (χ2n) is 11.8. The van der Waals surface area contributed by atoms with Crippen molar-refractivity contribution in [1.29, 1.82) is 0 Å². The van der Waals surface area contributed by atoms with Gasteiger partial charge in [-0.15, -0.1) is 0 Å². The molecular weight excluding hydrogens is 638 g/mol. The summed E-state index contributed by atoms with van der Waals surface area (Å²) in [6.45, 7) is 2.67. The fourth-order valence-electron chi connectivity index (χ4n) is 5.51. The molecule has 5 amide bonds. The van der Waals surface area contributed by atoms with Gasteiger partial charge >= 0.3 is 12.2 Å². The second-order valence-corrected chi connectivity index (χ2v) is 11.8. The van der Waals surface area contributed by atoms with Crippen molar-refractivity contribution in [3.05, 3.63) is 48.0 Å². The van der Waals surface area contributed by atoms with Gasteiger partial charge in [-0.25, -0.2) is 9.59 Å². The maximum Gasteiger partial charge on any atom is 0.408 e. The van der Waals surface area contributed by atoms with E-state index in [9.17, 15) is 24.0 Å². The van der Waals surface area contributed by atoms with Crippen molar-refractivity contribution in [3.8, 4) is 0 Å². The highest BCUT2D eigenvalue weighted by Gasteiger charge is 2.49. The maximum atomic E-state index is 12.6. The van der Waals surface area contributed by atoms with E-state index in [0.717, 1.165) is 18.4 Å². The molecule has 6 N–H and O–H groups in total. The number of rotatable bonds is 23. The summed E-state index contributed by atoms with van der Waals surface area (Å²) in [4.78, 5) is 60.1. The smallest absolute Gasteiger partial charge is 0.408 e. The van der Waals surface area contributed by atoms with Crippen molar-refractivity contribution in [3.63, 3.8) is 0 Å². The summed E-state index contributed by atoms with van der Waals surface area (Å²) < 4.78 is 26.8. The van der Waals surface area contributed by atoms with Crippen molar-refractivity contribution >= 4 is 29.9 Å². The second kappa shape index (κ2) is 23.2. The Balaban J connectivity index is 1.11. The normalized spacial score (nSPS) is 18.5. The molecule has 0 aliphatic heterocycles. The molecule has 2 aliphatic carbocycles. The van der Waals surface area contributed by atoms with Gasteiger partial charge in [-0.05, 0) is 55.4 Å². The first kappa shape index (κ1) is 39.2. The number of amides is 5. The Bertz CT molecular complexity index is 1190. The largest absolute Gasteiger partial charge is 0.449 e. The topological polar surface area (TPSA) is 206 Å². The Hall–Kier alpha value is -4.21. The van der Waals surface area contributed by atoms with Crippen molar-refractivity contribution in [1.82, 2.24) is 21.3 Å². The fourth-order valence-corrected chi connectivity index (χ4v) is 5.51. The van der Waals surface area contributed by atoms with Crippen LogP contribution in [-0.4, -0.2) is 102 Å².